The van der Waals surface area contributed by atoms with Gasteiger partial charge in [-0.25, -0.2) is 0 Å². The Balaban J connectivity index is 1.15. The van der Waals surface area contributed by atoms with Crippen molar-refractivity contribution in [2.75, 3.05) is 5.32 Å². The van der Waals surface area contributed by atoms with Crippen molar-refractivity contribution in [2.24, 2.45) is 5.92 Å². The summed E-state index contributed by atoms with van der Waals surface area (Å²) < 4.78 is 4.87. The molecule has 9 rings (SSSR count). The Morgan fingerprint density at radius 1 is 0.659 bits per heavy atom. The maximum atomic E-state index is 3.97. The lowest BCUT2D eigenvalue weighted by Gasteiger charge is -2.28. The van der Waals surface area contributed by atoms with E-state index in [-0.39, 0.29) is 5.92 Å². The molecule has 0 saturated heterocycles. The Kier molecular flexibility index (Phi) is 5.83. The molecule has 3 aliphatic rings. The lowest BCUT2D eigenvalue weighted by atomic mass is 9.79. The Bertz CT molecular complexity index is 2230. The largest absolute Gasteiger partial charge is 0.358 e. The summed E-state index contributed by atoms with van der Waals surface area (Å²) in [6.45, 7) is 0. The summed E-state index contributed by atoms with van der Waals surface area (Å²) in [5.41, 5.74) is 11.4. The van der Waals surface area contributed by atoms with E-state index in [1.54, 1.807) is 0 Å². The van der Waals surface area contributed by atoms with Crippen LogP contribution in [0.4, 0.5) is 5.69 Å². The first-order valence-electron chi connectivity index (χ1n) is 15.8. The molecule has 1 unspecified atom stereocenters. The molecule has 0 saturated carbocycles. The first-order valence-corrected chi connectivity index (χ1v) is 15.8. The third-order valence-corrected chi connectivity index (χ3v) is 9.60. The highest BCUT2D eigenvalue weighted by Crippen LogP contribution is 2.47. The molecule has 0 radical (unpaired) electrons. The van der Waals surface area contributed by atoms with Gasteiger partial charge in [-0.2, -0.15) is 0 Å². The van der Waals surface area contributed by atoms with Gasteiger partial charge in [-0.3, -0.25) is 0 Å². The molecule has 0 aliphatic heterocycles. The van der Waals surface area contributed by atoms with Crippen LogP contribution in [0.2, 0.25) is 0 Å². The van der Waals surface area contributed by atoms with Gasteiger partial charge in [0.05, 0.1) is 22.2 Å². The van der Waals surface area contributed by atoms with E-state index >= 15 is 0 Å². The van der Waals surface area contributed by atoms with E-state index in [1.807, 2.05) is 0 Å². The lowest BCUT2D eigenvalue weighted by Crippen LogP contribution is -2.18. The van der Waals surface area contributed by atoms with Crippen LogP contribution in [0.1, 0.15) is 36.4 Å². The molecule has 212 valence electrons. The number of benzene rings is 4. The maximum Gasteiger partial charge on any atom is 0.0561 e. The molecular weight excluding hydrogens is 534 g/mol. The number of nitrogens with one attached hydrogen (secondary N) is 1. The number of fused-ring (bicyclic) bond motifs is 6. The Labute approximate surface area is 257 Å². The van der Waals surface area contributed by atoms with Crippen LogP contribution in [0.5, 0.6) is 0 Å². The van der Waals surface area contributed by atoms with Crippen LogP contribution >= 0.6 is 0 Å². The number of nitrogens with zero attached hydrogens (tertiary/aromatic N) is 2. The third-order valence-electron chi connectivity index (χ3n) is 9.60. The predicted octanol–water partition coefficient (Wildman–Crippen LogP) is 10.6. The van der Waals surface area contributed by atoms with E-state index in [0.29, 0.717) is 5.92 Å². The minimum atomic E-state index is 0.251. The average molecular weight is 568 g/mol. The van der Waals surface area contributed by atoms with E-state index in [1.165, 1.54) is 61.0 Å². The molecule has 1 N–H and O–H groups in total. The van der Waals surface area contributed by atoms with Crippen LogP contribution in [0, 0.1) is 5.92 Å². The zero-order chi connectivity index (χ0) is 29.0. The van der Waals surface area contributed by atoms with Crippen LogP contribution in [-0.4, -0.2) is 9.13 Å². The van der Waals surface area contributed by atoms with Crippen molar-refractivity contribution in [3.8, 4) is 5.69 Å². The van der Waals surface area contributed by atoms with Crippen molar-refractivity contribution in [2.45, 2.75) is 25.2 Å². The molecule has 2 heterocycles. The van der Waals surface area contributed by atoms with Crippen LogP contribution in [0.25, 0.3) is 50.2 Å². The summed E-state index contributed by atoms with van der Waals surface area (Å²) in [5.74, 6) is 0.585. The predicted molar refractivity (Wildman–Crippen MR) is 186 cm³/mol. The van der Waals surface area contributed by atoms with Gasteiger partial charge in [-0.05, 0) is 79.5 Å². The molecule has 6 aromatic rings. The Morgan fingerprint density at radius 3 is 2.27 bits per heavy atom. The molecule has 0 fully saturated rings. The first kappa shape index (κ1) is 25.2. The zero-order valence-electron chi connectivity index (χ0n) is 24.5. The highest BCUT2D eigenvalue weighted by molar-refractivity contribution is 6.16. The van der Waals surface area contributed by atoms with Gasteiger partial charge in [0.15, 0.2) is 0 Å². The van der Waals surface area contributed by atoms with Crippen LogP contribution in [0.15, 0.2) is 145 Å². The summed E-state index contributed by atoms with van der Waals surface area (Å²) in [6, 6.07) is 35.2. The number of hydrogen-bond donors (Lipinski definition) is 1. The second-order valence-electron chi connectivity index (χ2n) is 12.1. The minimum Gasteiger partial charge on any atom is -0.358 e. The van der Waals surface area contributed by atoms with Gasteiger partial charge < -0.3 is 14.5 Å². The fourth-order valence-electron chi connectivity index (χ4n) is 7.76. The molecule has 0 amide bonds. The molecule has 44 heavy (non-hydrogen) atoms. The maximum absolute atomic E-state index is 3.97. The molecular formula is C41H33N3. The number of allylic oxidation sites excluding steroid dienone is 8. The number of hydrogen-bond acceptors (Lipinski definition) is 1. The van der Waals surface area contributed by atoms with Gasteiger partial charge in [-0.15, -0.1) is 0 Å². The molecule has 2 atom stereocenters. The van der Waals surface area contributed by atoms with Crippen molar-refractivity contribution in [1.29, 1.82) is 0 Å². The van der Waals surface area contributed by atoms with Crippen LogP contribution in [-0.2, 0) is 0 Å². The highest BCUT2D eigenvalue weighted by atomic mass is 15.0. The van der Waals surface area contributed by atoms with Gasteiger partial charge in [-0.1, -0.05) is 91.0 Å². The van der Waals surface area contributed by atoms with Gasteiger partial charge in [0.1, 0.15) is 0 Å². The highest BCUT2D eigenvalue weighted by Gasteiger charge is 2.33. The second kappa shape index (κ2) is 10.2. The monoisotopic (exact) mass is 567 g/mol. The number of anilines is 1. The molecule has 0 spiro atoms. The van der Waals surface area contributed by atoms with Crippen LogP contribution < -0.4 is 5.32 Å². The Hall–Kier alpha value is -5.28. The van der Waals surface area contributed by atoms with E-state index < -0.39 is 0 Å². The summed E-state index contributed by atoms with van der Waals surface area (Å²) in [7, 11) is 0. The summed E-state index contributed by atoms with van der Waals surface area (Å²) >= 11 is 0. The molecule has 3 aliphatic carbocycles. The van der Waals surface area contributed by atoms with Crippen molar-refractivity contribution in [1.82, 2.24) is 9.13 Å². The standard InChI is InChI=1S/C41H33N3/c1-3-14-28(15-4-1)43-36-24-9-7-18-32(36)40-31(21-12-26-38(40)43)30-20-11-22-34(30)42-35-23-13-27-39-41(35)33-19-8-10-25-37(33)44(39)29-16-5-2-6-17-29/h1,3-5,7-20,22-27,30-31,42H,2,6,21H2/t30?,31-/m0/s1. The SMILES string of the molecule is C1=CC([C@@H]2CC=Cc3c2c2ccccc2n3-c2ccccc2)C(Nc2cccc3c2c2ccccc2n3C2=CCCC=C2)=C1. The second-order valence-corrected chi connectivity index (χ2v) is 12.1. The van der Waals surface area contributed by atoms with Gasteiger partial charge in [0, 0.05) is 50.8 Å². The molecule has 2 aromatic heterocycles. The van der Waals surface area contributed by atoms with Gasteiger partial charge in [0.2, 0.25) is 0 Å². The summed E-state index contributed by atoms with van der Waals surface area (Å²) in [6.07, 6.45) is 21.7. The zero-order valence-corrected chi connectivity index (χ0v) is 24.5. The van der Waals surface area contributed by atoms with E-state index in [0.717, 1.165) is 24.9 Å². The number of para-hydroxylation sites is 3. The van der Waals surface area contributed by atoms with E-state index in [4.69, 9.17) is 0 Å². The lowest BCUT2D eigenvalue weighted by molar-refractivity contribution is 0.581. The van der Waals surface area contributed by atoms with E-state index in [9.17, 15) is 0 Å². The smallest absolute Gasteiger partial charge is 0.0561 e. The van der Waals surface area contributed by atoms with Gasteiger partial charge in [0.25, 0.3) is 0 Å². The minimum absolute atomic E-state index is 0.251. The fourth-order valence-corrected chi connectivity index (χ4v) is 7.76. The Morgan fingerprint density at radius 2 is 1.43 bits per heavy atom. The third kappa shape index (κ3) is 3.82. The molecule has 4 aromatic carbocycles. The van der Waals surface area contributed by atoms with Crippen molar-refractivity contribution in [3.05, 3.63) is 157 Å². The first-order chi connectivity index (χ1) is 21.9. The average Bonchev–Trinajstić information content (AvgIpc) is 3.78. The topological polar surface area (TPSA) is 21.9 Å². The van der Waals surface area contributed by atoms with Crippen molar-refractivity contribution < 1.29 is 0 Å². The molecule has 3 heteroatoms. The van der Waals surface area contributed by atoms with Crippen molar-refractivity contribution >= 4 is 50.2 Å². The summed E-state index contributed by atoms with van der Waals surface area (Å²) in [5, 5.41) is 7.88. The van der Waals surface area contributed by atoms with Crippen LogP contribution in [0.3, 0.4) is 0 Å². The van der Waals surface area contributed by atoms with Gasteiger partial charge >= 0.3 is 0 Å². The quantitative estimate of drug-likeness (QED) is 0.220. The normalized spacial score (nSPS) is 19.1. The number of rotatable bonds is 5. The molecule has 0 bridgehead atoms. The summed E-state index contributed by atoms with van der Waals surface area (Å²) in [4.78, 5) is 0. The van der Waals surface area contributed by atoms with E-state index in [2.05, 4.69) is 160 Å². The van der Waals surface area contributed by atoms with Crippen molar-refractivity contribution in [3.63, 3.8) is 0 Å². The molecule has 3 nitrogen and oxygen atoms in total. The number of aromatic nitrogens is 2. The fraction of sp³-hybridized carbons (Fsp3) is 0.122.